The molecule has 1 unspecified atom stereocenters. The number of rotatable bonds is 6. The van der Waals surface area contributed by atoms with Crippen LogP contribution in [0.2, 0.25) is 0 Å². The third-order valence-corrected chi connectivity index (χ3v) is 3.41. The van der Waals surface area contributed by atoms with E-state index in [-0.39, 0.29) is 18.4 Å². The van der Waals surface area contributed by atoms with Gasteiger partial charge in [0.05, 0.1) is 5.88 Å². The van der Waals surface area contributed by atoms with E-state index in [9.17, 15) is 9.59 Å². The van der Waals surface area contributed by atoms with E-state index in [0.29, 0.717) is 11.5 Å². The molecule has 0 saturated heterocycles. The summed E-state index contributed by atoms with van der Waals surface area (Å²) in [5.74, 6) is 0.739. The second-order valence-electron chi connectivity index (χ2n) is 5.10. The third-order valence-electron chi connectivity index (χ3n) is 3.25. The Kier molecular flexibility index (Phi) is 6.20. The summed E-state index contributed by atoms with van der Waals surface area (Å²) >= 11 is 5.53. The second kappa shape index (κ2) is 8.35. The van der Waals surface area contributed by atoms with Gasteiger partial charge in [-0.15, -0.1) is 11.6 Å². The van der Waals surface area contributed by atoms with Gasteiger partial charge in [0.15, 0.2) is 0 Å². The average molecular weight is 351 g/mol. The van der Waals surface area contributed by atoms with E-state index in [2.05, 4.69) is 15.6 Å². The Morgan fingerprint density at radius 1 is 1.33 bits per heavy atom. The number of halogens is 1. The number of benzene rings is 1. The number of anilines is 1. The number of alkyl halides is 1. The summed E-state index contributed by atoms with van der Waals surface area (Å²) in [5.41, 5.74) is 1.48. The molecule has 2 rings (SSSR count). The highest BCUT2D eigenvalue weighted by atomic mass is 35.5. The maximum Gasteiger partial charge on any atom is 0.408 e. The lowest BCUT2D eigenvalue weighted by atomic mass is 10.1. The number of carbonyl (C=O) groups is 2. The monoisotopic (exact) mass is 350 g/mol. The molecule has 7 nitrogen and oxygen atoms in total. The lowest BCUT2D eigenvalue weighted by Gasteiger charge is -2.19. The van der Waals surface area contributed by atoms with Crippen molar-refractivity contribution < 1.29 is 14.3 Å². The Balaban J connectivity index is 2.23. The highest BCUT2D eigenvalue weighted by Crippen LogP contribution is 2.22. The number of aromatic nitrogens is 2. The minimum Gasteiger partial charge on any atom is -0.448 e. The number of alkyl carbamates (subject to hydrolysis) is 1. The topological polar surface area (TPSA) is 85.2 Å². The van der Waals surface area contributed by atoms with Crippen LogP contribution in [0.1, 0.15) is 24.4 Å². The highest BCUT2D eigenvalue weighted by molar-refractivity contribution is 6.18. The first-order chi connectivity index (χ1) is 11.5. The molecule has 0 fully saturated rings. The zero-order chi connectivity index (χ0) is 17.5. The Morgan fingerprint density at radius 2 is 2.04 bits per heavy atom. The first kappa shape index (κ1) is 17.8. The Labute approximate surface area is 145 Å². The van der Waals surface area contributed by atoms with Gasteiger partial charge >= 0.3 is 6.09 Å². The van der Waals surface area contributed by atoms with Crippen LogP contribution in [-0.4, -0.2) is 34.0 Å². The predicted octanol–water partition coefficient (Wildman–Crippen LogP) is 2.43. The first-order valence-corrected chi connectivity index (χ1v) is 7.88. The molecule has 0 radical (unpaired) electrons. The van der Waals surface area contributed by atoms with Gasteiger partial charge in [0.25, 0.3) is 0 Å². The smallest absolute Gasteiger partial charge is 0.408 e. The molecule has 0 aliphatic heterocycles. The van der Waals surface area contributed by atoms with E-state index < -0.39 is 12.1 Å². The lowest BCUT2D eigenvalue weighted by Crippen LogP contribution is -2.32. The van der Waals surface area contributed by atoms with Crippen LogP contribution < -0.4 is 10.6 Å². The van der Waals surface area contributed by atoms with Crippen molar-refractivity contribution in [2.24, 2.45) is 7.05 Å². The van der Waals surface area contributed by atoms with Crippen LogP contribution in [0.15, 0.2) is 36.7 Å². The van der Waals surface area contributed by atoms with Crippen molar-refractivity contribution in [3.63, 3.8) is 0 Å². The van der Waals surface area contributed by atoms with Crippen LogP contribution >= 0.6 is 11.6 Å². The summed E-state index contributed by atoms with van der Waals surface area (Å²) in [6, 6.07) is 6.66. The van der Waals surface area contributed by atoms with E-state index in [1.165, 1.54) is 6.92 Å². The largest absolute Gasteiger partial charge is 0.448 e. The normalized spacial score (nSPS) is 11.6. The highest BCUT2D eigenvalue weighted by Gasteiger charge is 2.21. The number of nitrogens with zero attached hydrogens (tertiary/aromatic N) is 2. The predicted molar refractivity (Wildman–Crippen MR) is 91.0 cm³/mol. The Hall–Kier alpha value is -2.54. The zero-order valence-electron chi connectivity index (χ0n) is 13.5. The van der Waals surface area contributed by atoms with Crippen LogP contribution in [0.3, 0.4) is 0 Å². The van der Waals surface area contributed by atoms with Crippen molar-refractivity contribution in [1.82, 2.24) is 14.9 Å². The van der Waals surface area contributed by atoms with E-state index in [0.717, 1.165) is 5.56 Å². The van der Waals surface area contributed by atoms with Crippen LogP contribution in [-0.2, 0) is 16.6 Å². The molecular formula is C16H19ClN4O3. The fourth-order valence-corrected chi connectivity index (χ4v) is 2.28. The van der Waals surface area contributed by atoms with Crippen LogP contribution in [0.5, 0.6) is 0 Å². The molecule has 1 aromatic carbocycles. The van der Waals surface area contributed by atoms with E-state index in [4.69, 9.17) is 16.3 Å². The summed E-state index contributed by atoms with van der Waals surface area (Å²) < 4.78 is 6.80. The Morgan fingerprint density at radius 3 is 2.58 bits per heavy atom. The van der Waals surface area contributed by atoms with Crippen LogP contribution in [0.4, 0.5) is 10.5 Å². The molecular weight excluding hydrogens is 332 g/mol. The first-order valence-electron chi connectivity index (χ1n) is 7.35. The van der Waals surface area contributed by atoms with Crippen molar-refractivity contribution in [3.8, 4) is 0 Å². The molecule has 2 N–H and O–H groups in total. The molecule has 1 heterocycles. The number of ether oxygens (including phenoxy) is 1. The lowest BCUT2D eigenvalue weighted by molar-refractivity contribution is -0.114. The number of carbonyl (C=O) groups excluding carboxylic acids is 2. The van der Waals surface area contributed by atoms with E-state index in [1.807, 2.05) is 23.7 Å². The molecule has 1 atom stereocenters. The zero-order valence-corrected chi connectivity index (χ0v) is 14.2. The summed E-state index contributed by atoms with van der Waals surface area (Å²) in [7, 11) is 1.84. The van der Waals surface area contributed by atoms with Gasteiger partial charge in [0, 0.05) is 32.1 Å². The number of hydrogen-bond donors (Lipinski definition) is 2. The summed E-state index contributed by atoms with van der Waals surface area (Å²) in [6.07, 6.45) is 2.87. The Bertz CT molecular complexity index is 700. The molecule has 1 aromatic heterocycles. The van der Waals surface area contributed by atoms with Gasteiger partial charge in [-0.3, -0.25) is 4.79 Å². The summed E-state index contributed by atoms with van der Waals surface area (Å²) in [6.45, 7) is 1.57. The molecule has 128 valence electrons. The summed E-state index contributed by atoms with van der Waals surface area (Å²) in [4.78, 5) is 27.3. The van der Waals surface area contributed by atoms with Gasteiger partial charge in [0.1, 0.15) is 18.5 Å². The minimum atomic E-state index is -0.574. The van der Waals surface area contributed by atoms with Gasteiger partial charge in [0.2, 0.25) is 5.91 Å². The van der Waals surface area contributed by atoms with Gasteiger partial charge in [-0.1, -0.05) is 12.1 Å². The molecule has 8 heteroatoms. The minimum absolute atomic E-state index is 0.127. The molecule has 0 aliphatic rings. The van der Waals surface area contributed by atoms with E-state index >= 15 is 0 Å². The standard InChI is InChI=1S/C16H19ClN4O3/c1-11(22)19-13-5-3-12(4-6-13)14(15-18-8-9-21(15)2)20-16(23)24-10-7-17/h3-6,8-9,14H,7,10H2,1-2H3,(H,19,22)(H,20,23). The van der Waals surface area contributed by atoms with E-state index in [1.54, 1.807) is 24.5 Å². The average Bonchev–Trinajstić information content (AvgIpc) is 2.97. The number of amides is 2. The molecule has 2 amide bonds. The number of aryl methyl sites for hydroxylation is 1. The number of nitrogens with one attached hydrogen (secondary N) is 2. The van der Waals surface area contributed by atoms with Crippen molar-refractivity contribution >= 4 is 29.3 Å². The van der Waals surface area contributed by atoms with Crippen LogP contribution in [0, 0.1) is 0 Å². The van der Waals surface area contributed by atoms with Crippen molar-refractivity contribution in [2.45, 2.75) is 13.0 Å². The molecule has 0 spiro atoms. The van der Waals surface area contributed by atoms with Crippen molar-refractivity contribution in [2.75, 3.05) is 17.8 Å². The third kappa shape index (κ3) is 4.73. The maximum absolute atomic E-state index is 11.9. The van der Waals surface area contributed by atoms with Gasteiger partial charge < -0.3 is 19.9 Å². The second-order valence-corrected chi connectivity index (χ2v) is 5.48. The maximum atomic E-state index is 11.9. The SMILES string of the molecule is CC(=O)Nc1ccc(C(NC(=O)OCCCl)c2nccn2C)cc1. The molecule has 0 bridgehead atoms. The van der Waals surface area contributed by atoms with Gasteiger partial charge in [-0.25, -0.2) is 9.78 Å². The number of imidazole rings is 1. The summed E-state index contributed by atoms with van der Waals surface area (Å²) in [5, 5.41) is 5.48. The van der Waals surface area contributed by atoms with Crippen molar-refractivity contribution in [3.05, 3.63) is 48.0 Å². The molecule has 0 aliphatic carbocycles. The molecule has 0 saturated carbocycles. The number of hydrogen-bond acceptors (Lipinski definition) is 4. The quantitative estimate of drug-likeness (QED) is 0.783. The fourth-order valence-electron chi connectivity index (χ4n) is 2.21. The van der Waals surface area contributed by atoms with Crippen molar-refractivity contribution in [1.29, 1.82) is 0 Å². The molecule has 24 heavy (non-hydrogen) atoms. The fraction of sp³-hybridized carbons (Fsp3) is 0.312. The van der Waals surface area contributed by atoms with Crippen LogP contribution in [0.25, 0.3) is 0 Å². The van der Waals surface area contributed by atoms with Gasteiger partial charge in [-0.2, -0.15) is 0 Å². The molecule has 2 aromatic rings. The van der Waals surface area contributed by atoms with Gasteiger partial charge in [-0.05, 0) is 17.7 Å².